The van der Waals surface area contributed by atoms with Crippen molar-refractivity contribution in [3.05, 3.63) is 71.3 Å². The molecule has 0 aromatic heterocycles. The first-order chi connectivity index (χ1) is 16.7. The number of hydrogen-bond acceptors (Lipinski definition) is 4. The number of amides is 2. The highest BCUT2D eigenvalue weighted by atomic mass is 16.5. The first-order valence-corrected chi connectivity index (χ1v) is 12.0. The Morgan fingerprint density at radius 2 is 1.71 bits per heavy atom. The summed E-state index contributed by atoms with van der Waals surface area (Å²) < 4.78 is 5.63. The minimum absolute atomic E-state index is 0.0741. The monoisotopic (exact) mass is 476 g/mol. The summed E-state index contributed by atoms with van der Waals surface area (Å²) in [5.74, 6) is -1.28. The maximum absolute atomic E-state index is 13.2. The number of carbonyl (C=O) groups excluding carboxylic acids is 2. The summed E-state index contributed by atoms with van der Waals surface area (Å²) in [5, 5.41) is 12.2. The van der Waals surface area contributed by atoms with Crippen LogP contribution in [-0.2, 0) is 14.3 Å². The van der Waals surface area contributed by atoms with Gasteiger partial charge in [0.05, 0.1) is 5.41 Å². The molecule has 35 heavy (non-hydrogen) atoms. The van der Waals surface area contributed by atoms with E-state index in [1.807, 2.05) is 44.2 Å². The molecule has 1 aliphatic carbocycles. The van der Waals surface area contributed by atoms with E-state index in [1.54, 1.807) is 6.92 Å². The van der Waals surface area contributed by atoms with Crippen molar-refractivity contribution in [1.82, 2.24) is 10.2 Å². The van der Waals surface area contributed by atoms with E-state index in [0.717, 1.165) is 27.8 Å². The molecule has 0 bridgehead atoms. The Hall–Kier alpha value is -3.61. The standard InChI is InChI=1S/C28H32N2O5/c1-18(2)12-13-24(25(31)30-15-14-28(3,17-30)26(32)33)29-27(34)35-16-23-21-10-6-4-8-19(21)20-9-5-7-11-22(20)23/h4-12,23-24H,13-17H2,1-3H3,(H,29,34)(H,32,33). The molecule has 1 aliphatic heterocycles. The van der Waals surface area contributed by atoms with Gasteiger partial charge in [0.2, 0.25) is 5.91 Å². The molecule has 184 valence electrons. The molecule has 2 unspecified atom stereocenters. The molecule has 0 spiro atoms. The lowest BCUT2D eigenvalue weighted by Gasteiger charge is -2.25. The third kappa shape index (κ3) is 5.09. The second-order valence-corrected chi connectivity index (χ2v) is 9.92. The number of carboxylic acid groups (broad SMARTS) is 1. The predicted octanol–water partition coefficient (Wildman–Crippen LogP) is 4.57. The second-order valence-electron chi connectivity index (χ2n) is 9.92. The number of nitrogens with zero attached hydrogens (tertiary/aromatic N) is 1. The van der Waals surface area contributed by atoms with Gasteiger partial charge >= 0.3 is 12.1 Å². The summed E-state index contributed by atoms with van der Waals surface area (Å²) in [6.07, 6.45) is 1.92. The van der Waals surface area contributed by atoms with Crippen LogP contribution in [0.25, 0.3) is 11.1 Å². The fourth-order valence-electron chi connectivity index (χ4n) is 4.90. The van der Waals surface area contributed by atoms with E-state index in [2.05, 4.69) is 29.6 Å². The number of carboxylic acids is 1. The minimum atomic E-state index is -0.972. The zero-order valence-electron chi connectivity index (χ0n) is 20.4. The van der Waals surface area contributed by atoms with Crippen LogP contribution in [0.5, 0.6) is 0 Å². The molecule has 4 rings (SSSR count). The summed E-state index contributed by atoms with van der Waals surface area (Å²) in [6, 6.07) is 15.4. The Labute approximate surface area is 205 Å². The maximum atomic E-state index is 13.2. The zero-order valence-corrected chi connectivity index (χ0v) is 20.4. The van der Waals surface area contributed by atoms with Gasteiger partial charge in [0.1, 0.15) is 12.6 Å². The number of carbonyl (C=O) groups is 3. The zero-order chi connectivity index (χ0) is 25.2. The van der Waals surface area contributed by atoms with Crippen molar-refractivity contribution in [2.24, 2.45) is 5.41 Å². The van der Waals surface area contributed by atoms with Crippen LogP contribution in [0, 0.1) is 5.41 Å². The van der Waals surface area contributed by atoms with Crippen molar-refractivity contribution in [3.63, 3.8) is 0 Å². The molecule has 2 N–H and O–H groups in total. The highest BCUT2D eigenvalue weighted by Crippen LogP contribution is 2.44. The van der Waals surface area contributed by atoms with Crippen LogP contribution < -0.4 is 5.32 Å². The first kappa shape index (κ1) is 24.5. The quantitative estimate of drug-likeness (QED) is 0.571. The molecule has 2 amide bonds. The summed E-state index contributed by atoms with van der Waals surface area (Å²) in [4.78, 5) is 39.2. The van der Waals surface area contributed by atoms with Crippen LogP contribution in [0.3, 0.4) is 0 Å². The number of nitrogens with one attached hydrogen (secondary N) is 1. The lowest BCUT2D eigenvalue weighted by molar-refractivity contribution is -0.147. The van der Waals surface area contributed by atoms with Crippen molar-refractivity contribution in [2.45, 2.75) is 45.6 Å². The number of benzene rings is 2. The van der Waals surface area contributed by atoms with Gasteiger partial charge < -0.3 is 20.1 Å². The largest absolute Gasteiger partial charge is 0.481 e. The van der Waals surface area contributed by atoms with E-state index < -0.39 is 23.5 Å². The van der Waals surface area contributed by atoms with Gasteiger partial charge in [-0.15, -0.1) is 0 Å². The third-order valence-electron chi connectivity index (χ3n) is 7.00. The van der Waals surface area contributed by atoms with E-state index in [1.165, 1.54) is 4.90 Å². The Morgan fingerprint density at radius 3 is 2.26 bits per heavy atom. The molecule has 2 aromatic carbocycles. The van der Waals surface area contributed by atoms with Crippen LogP contribution in [0.15, 0.2) is 60.2 Å². The fourth-order valence-corrected chi connectivity index (χ4v) is 4.90. The van der Waals surface area contributed by atoms with E-state index in [0.29, 0.717) is 19.4 Å². The molecule has 0 saturated carbocycles. The van der Waals surface area contributed by atoms with Gasteiger partial charge in [0.15, 0.2) is 0 Å². The molecule has 1 saturated heterocycles. The third-order valence-corrected chi connectivity index (χ3v) is 7.00. The molecular weight excluding hydrogens is 444 g/mol. The lowest BCUT2D eigenvalue weighted by Crippen LogP contribution is -2.48. The van der Waals surface area contributed by atoms with Gasteiger partial charge in [-0.3, -0.25) is 9.59 Å². The average Bonchev–Trinajstić information content (AvgIpc) is 3.39. The number of alkyl carbamates (subject to hydrolysis) is 1. The summed E-state index contributed by atoms with van der Waals surface area (Å²) >= 11 is 0. The van der Waals surface area contributed by atoms with Gasteiger partial charge in [0.25, 0.3) is 0 Å². The van der Waals surface area contributed by atoms with Crippen molar-refractivity contribution in [3.8, 4) is 11.1 Å². The van der Waals surface area contributed by atoms with Crippen LogP contribution in [0.1, 0.15) is 50.7 Å². The number of rotatable bonds is 7. The summed E-state index contributed by atoms with van der Waals surface area (Å²) in [5.41, 5.74) is 4.57. The molecule has 7 nitrogen and oxygen atoms in total. The van der Waals surface area contributed by atoms with Gasteiger partial charge in [0, 0.05) is 19.0 Å². The molecule has 7 heteroatoms. The highest BCUT2D eigenvalue weighted by Gasteiger charge is 2.43. The predicted molar refractivity (Wildman–Crippen MR) is 133 cm³/mol. The second kappa shape index (κ2) is 9.94. The maximum Gasteiger partial charge on any atom is 0.407 e. The molecule has 2 atom stereocenters. The molecule has 0 radical (unpaired) electrons. The van der Waals surface area contributed by atoms with Crippen molar-refractivity contribution in [2.75, 3.05) is 19.7 Å². The van der Waals surface area contributed by atoms with Crippen LogP contribution in [-0.4, -0.2) is 53.7 Å². The SMILES string of the molecule is CC(C)=CCC(NC(=O)OCC1c2ccccc2-c2ccccc21)C(=O)N1CCC(C)(C(=O)O)C1. The highest BCUT2D eigenvalue weighted by molar-refractivity contribution is 5.87. The number of fused-ring (bicyclic) bond motifs is 3. The number of hydrogen-bond donors (Lipinski definition) is 2. The van der Waals surface area contributed by atoms with E-state index in [9.17, 15) is 19.5 Å². The molecular formula is C28H32N2O5. The van der Waals surface area contributed by atoms with Crippen LogP contribution in [0.4, 0.5) is 4.79 Å². The summed E-state index contributed by atoms with van der Waals surface area (Å²) in [6.45, 7) is 6.12. The Balaban J connectivity index is 1.44. The van der Waals surface area contributed by atoms with Gasteiger partial charge in [-0.2, -0.15) is 0 Å². The van der Waals surface area contributed by atoms with E-state index >= 15 is 0 Å². The van der Waals surface area contributed by atoms with Gasteiger partial charge in [-0.1, -0.05) is 60.2 Å². The van der Waals surface area contributed by atoms with Crippen molar-refractivity contribution >= 4 is 18.0 Å². The fraction of sp³-hybridized carbons (Fsp3) is 0.393. The molecule has 2 aliphatic rings. The Morgan fingerprint density at radius 1 is 1.11 bits per heavy atom. The van der Waals surface area contributed by atoms with E-state index in [4.69, 9.17) is 4.74 Å². The normalized spacial score (nSPS) is 19.5. The number of likely N-dealkylation sites (tertiary alicyclic amines) is 1. The number of ether oxygens (including phenoxy) is 1. The first-order valence-electron chi connectivity index (χ1n) is 12.0. The summed E-state index contributed by atoms with van der Waals surface area (Å²) in [7, 11) is 0. The average molecular weight is 477 g/mol. The van der Waals surface area contributed by atoms with Gasteiger partial charge in [-0.05, 0) is 55.9 Å². The number of aliphatic carboxylic acids is 1. The van der Waals surface area contributed by atoms with Crippen molar-refractivity contribution < 1.29 is 24.2 Å². The van der Waals surface area contributed by atoms with E-state index in [-0.39, 0.29) is 25.0 Å². The lowest BCUT2D eigenvalue weighted by atomic mass is 9.90. The minimum Gasteiger partial charge on any atom is -0.481 e. The van der Waals surface area contributed by atoms with Gasteiger partial charge in [-0.25, -0.2) is 4.79 Å². The topological polar surface area (TPSA) is 95.9 Å². The number of allylic oxidation sites excluding steroid dienone is 1. The Bertz CT molecular complexity index is 1120. The molecule has 1 fully saturated rings. The smallest absolute Gasteiger partial charge is 0.407 e. The Kier molecular flexibility index (Phi) is 6.96. The van der Waals surface area contributed by atoms with Crippen molar-refractivity contribution in [1.29, 1.82) is 0 Å². The molecule has 1 heterocycles. The molecule has 2 aromatic rings. The van der Waals surface area contributed by atoms with Crippen LogP contribution in [0.2, 0.25) is 0 Å². The van der Waals surface area contributed by atoms with Crippen LogP contribution >= 0.6 is 0 Å².